The summed E-state index contributed by atoms with van der Waals surface area (Å²) in [7, 11) is 2.04. The molecule has 1 aliphatic heterocycles. The van der Waals surface area contributed by atoms with E-state index in [0.717, 1.165) is 38.6 Å². The van der Waals surface area contributed by atoms with Crippen molar-refractivity contribution in [3.63, 3.8) is 0 Å². The first kappa shape index (κ1) is 14.6. The zero-order valence-electron chi connectivity index (χ0n) is 12.9. The molecule has 1 aromatic heterocycles. The highest BCUT2D eigenvalue weighted by Gasteiger charge is 2.39. The first-order chi connectivity index (χ1) is 10.1. The van der Waals surface area contributed by atoms with Crippen LogP contribution in [-0.2, 0) is 11.8 Å². The van der Waals surface area contributed by atoms with E-state index in [-0.39, 0.29) is 11.9 Å². The number of carbonyl (C=O) groups is 1. The number of aliphatic hydroxyl groups is 1. The Hall–Kier alpha value is -1.29. The molecule has 4 nitrogen and oxygen atoms in total. The molecular formula is C17H26N2O2. The van der Waals surface area contributed by atoms with E-state index in [1.165, 1.54) is 18.5 Å². The third-order valence-electron chi connectivity index (χ3n) is 5.16. The summed E-state index contributed by atoms with van der Waals surface area (Å²) in [6.45, 7) is 0.824. The Morgan fingerprint density at radius 2 is 2.14 bits per heavy atom. The molecule has 116 valence electrons. The average Bonchev–Trinajstić information content (AvgIpc) is 2.71. The molecule has 4 heteroatoms. The maximum Gasteiger partial charge on any atom is 0.226 e. The summed E-state index contributed by atoms with van der Waals surface area (Å²) in [5, 5.41) is 10.3. The number of hydrogen-bond acceptors (Lipinski definition) is 2. The fraction of sp³-hybridized carbons (Fsp3) is 0.706. The lowest BCUT2D eigenvalue weighted by Crippen LogP contribution is -2.45. The molecule has 1 atom stereocenters. The fourth-order valence-electron chi connectivity index (χ4n) is 3.68. The van der Waals surface area contributed by atoms with Gasteiger partial charge in [0.05, 0.1) is 18.1 Å². The predicted molar refractivity (Wildman–Crippen MR) is 81.8 cm³/mol. The highest BCUT2D eigenvalue weighted by molar-refractivity contribution is 5.78. The Morgan fingerprint density at radius 3 is 2.76 bits per heavy atom. The van der Waals surface area contributed by atoms with Gasteiger partial charge in [0.2, 0.25) is 5.91 Å². The predicted octanol–water partition coefficient (Wildman–Crippen LogP) is 2.77. The van der Waals surface area contributed by atoms with Gasteiger partial charge in [0, 0.05) is 25.5 Å². The number of aromatic nitrogens is 1. The topological polar surface area (TPSA) is 45.5 Å². The Labute approximate surface area is 126 Å². The van der Waals surface area contributed by atoms with Crippen molar-refractivity contribution in [1.29, 1.82) is 0 Å². The van der Waals surface area contributed by atoms with E-state index < -0.39 is 5.60 Å². The van der Waals surface area contributed by atoms with Crippen LogP contribution in [0.2, 0.25) is 0 Å². The van der Waals surface area contributed by atoms with Crippen LogP contribution in [0, 0.1) is 0 Å². The Balaban J connectivity index is 1.78. The standard InChI is InChI=1S/C17H26N2O2/c1-18-11-5-8-14(18)15-7-3-2-4-12-19(15)16(20)13-17(21)9-6-10-17/h5,8,11,15,21H,2-4,6-7,9-10,12-13H2,1H3. The Morgan fingerprint density at radius 1 is 1.33 bits per heavy atom. The third kappa shape index (κ3) is 3.00. The summed E-state index contributed by atoms with van der Waals surface area (Å²) in [5.74, 6) is 0.130. The van der Waals surface area contributed by atoms with Gasteiger partial charge in [-0.1, -0.05) is 12.8 Å². The van der Waals surface area contributed by atoms with Gasteiger partial charge in [-0.2, -0.15) is 0 Å². The fourth-order valence-corrected chi connectivity index (χ4v) is 3.68. The molecule has 0 aromatic carbocycles. The number of likely N-dealkylation sites (tertiary alicyclic amines) is 1. The summed E-state index contributed by atoms with van der Waals surface area (Å²) >= 11 is 0. The lowest BCUT2D eigenvalue weighted by molar-refractivity contribution is -0.143. The average molecular weight is 290 g/mol. The van der Waals surface area contributed by atoms with Gasteiger partial charge >= 0.3 is 0 Å². The first-order valence-electron chi connectivity index (χ1n) is 8.22. The van der Waals surface area contributed by atoms with E-state index >= 15 is 0 Å². The number of nitrogens with zero attached hydrogens (tertiary/aromatic N) is 2. The van der Waals surface area contributed by atoms with Crippen LogP contribution in [0.25, 0.3) is 0 Å². The summed E-state index contributed by atoms with van der Waals surface area (Å²) in [5.41, 5.74) is 0.494. The second kappa shape index (κ2) is 5.84. The third-order valence-corrected chi connectivity index (χ3v) is 5.16. The molecule has 0 bridgehead atoms. The quantitative estimate of drug-likeness (QED) is 0.930. The largest absolute Gasteiger partial charge is 0.389 e. The normalized spacial score (nSPS) is 25.2. The molecule has 1 N–H and O–H groups in total. The van der Waals surface area contributed by atoms with E-state index in [1.54, 1.807) is 0 Å². The lowest BCUT2D eigenvalue weighted by Gasteiger charge is -2.39. The SMILES string of the molecule is Cn1cccc1C1CCCCCN1C(=O)CC1(O)CCC1. The minimum atomic E-state index is -0.720. The van der Waals surface area contributed by atoms with Gasteiger partial charge in [-0.3, -0.25) is 4.79 Å². The second-order valence-corrected chi connectivity index (χ2v) is 6.75. The van der Waals surface area contributed by atoms with Crippen LogP contribution in [0.15, 0.2) is 18.3 Å². The summed E-state index contributed by atoms with van der Waals surface area (Å²) in [6.07, 6.45) is 9.41. The van der Waals surface area contributed by atoms with Crippen LogP contribution in [-0.4, -0.2) is 32.6 Å². The molecule has 3 rings (SSSR count). The van der Waals surface area contributed by atoms with E-state index in [2.05, 4.69) is 10.6 Å². The van der Waals surface area contributed by atoms with Crippen LogP contribution in [0.1, 0.15) is 63.1 Å². The highest BCUT2D eigenvalue weighted by atomic mass is 16.3. The number of aryl methyl sites for hydroxylation is 1. The van der Waals surface area contributed by atoms with Crippen LogP contribution in [0.4, 0.5) is 0 Å². The van der Waals surface area contributed by atoms with E-state index in [4.69, 9.17) is 0 Å². The summed E-state index contributed by atoms with van der Waals surface area (Å²) < 4.78 is 2.12. The lowest BCUT2D eigenvalue weighted by atomic mass is 9.77. The van der Waals surface area contributed by atoms with Crippen molar-refractivity contribution in [2.75, 3.05) is 6.54 Å². The molecular weight excluding hydrogens is 264 g/mol. The van der Waals surface area contributed by atoms with Gasteiger partial charge in [0.1, 0.15) is 0 Å². The van der Waals surface area contributed by atoms with Crippen molar-refractivity contribution in [3.8, 4) is 0 Å². The number of hydrogen-bond donors (Lipinski definition) is 1. The molecule has 2 fully saturated rings. The molecule has 0 spiro atoms. The minimum Gasteiger partial charge on any atom is -0.389 e. The van der Waals surface area contributed by atoms with Crippen molar-refractivity contribution in [3.05, 3.63) is 24.0 Å². The molecule has 1 unspecified atom stereocenters. The van der Waals surface area contributed by atoms with Gasteiger partial charge in [-0.05, 0) is 44.2 Å². The van der Waals surface area contributed by atoms with Gasteiger partial charge in [0.15, 0.2) is 0 Å². The summed E-state index contributed by atoms with van der Waals surface area (Å²) in [4.78, 5) is 14.8. The van der Waals surface area contributed by atoms with E-state index in [0.29, 0.717) is 6.42 Å². The van der Waals surface area contributed by atoms with E-state index in [9.17, 15) is 9.90 Å². The van der Waals surface area contributed by atoms with Gasteiger partial charge in [-0.15, -0.1) is 0 Å². The zero-order chi connectivity index (χ0) is 14.9. The van der Waals surface area contributed by atoms with Gasteiger partial charge in [0.25, 0.3) is 0 Å². The first-order valence-corrected chi connectivity index (χ1v) is 8.22. The smallest absolute Gasteiger partial charge is 0.226 e. The highest BCUT2D eigenvalue weighted by Crippen LogP contribution is 2.37. The van der Waals surface area contributed by atoms with Gasteiger partial charge in [-0.25, -0.2) is 0 Å². The van der Waals surface area contributed by atoms with Crippen LogP contribution in [0.3, 0.4) is 0 Å². The van der Waals surface area contributed by atoms with Crippen molar-refractivity contribution < 1.29 is 9.90 Å². The molecule has 2 aliphatic rings. The zero-order valence-corrected chi connectivity index (χ0v) is 12.9. The van der Waals surface area contributed by atoms with Crippen LogP contribution in [0.5, 0.6) is 0 Å². The molecule has 1 saturated carbocycles. The van der Waals surface area contributed by atoms with Crippen molar-refractivity contribution in [2.45, 2.75) is 63.0 Å². The number of carbonyl (C=O) groups excluding carboxylic acids is 1. The van der Waals surface area contributed by atoms with Crippen LogP contribution < -0.4 is 0 Å². The van der Waals surface area contributed by atoms with Crippen molar-refractivity contribution in [2.24, 2.45) is 7.05 Å². The van der Waals surface area contributed by atoms with Crippen molar-refractivity contribution in [1.82, 2.24) is 9.47 Å². The molecule has 1 aromatic rings. The molecule has 0 radical (unpaired) electrons. The monoisotopic (exact) mass is 290 g/mol. The number of amides is 1. The Bertz CT molecular complexity index is 505. The summed E-state index contributed by atoms with van der Waals surface area (Å²) in [6, 6.07) is 4.33. The van der Waals surface area contributed by atoms with Gasteiger partial charge < -0.3 is 14.6 Å². The van der Waals surface area contributed by atoms with Crippen LogP contribution >= 0.6 is 0 Å². The maximum absolute atomic E-state index is 12.7. The maximum atomic E-state index is 12.7. The Kier molecular flexibility index (Phi) is 4.07. The minimum absolute atomic E-state index is 0.130. The number of rotatable bonds is 3. The molecule has 1 amide bonds. The van der Waals surface area contributed by atoms with E-state index in [1.807, 2.05) is 24.2 Å². The molecule has 1 saturated heterocycles. The molecule has 21 heavy (non-hydrogen) atoms. The second-order valence-electron chi connectivity index (χ2n) is 6.75. The molecule has 1 aliphatic carbocycles. The molecule has 2 heterocycles. The van der Waals surface area contributed by atoms with Crippen molar-refractivity contribution >= 4 is 5.91 Å².